The molecule has 1 amide bonds. The van der Waals surface area contributed by atoms with Crippen LogP contribution in [-0.4, -0.2) is 30.0 Å². The van der Waals surface area contributed by atoms with Gasteiger partial charge >= 0.3 is 0 Å². The lowest BCUT2D eigenvalue weighted by molar-refractivity contribution is -0.128. The summed E-state index contributed by atoms with van der Waals surface area (Å²) < 4.78 is 5.99. The maximum Gasteiger partial charge on any atom is 0.261 e. The minimum atomic E-state index is -0.477. The Hall–Kier alpha value is -2.33. The Morgan fingerprint density at radius 2 is 1.72 bits per heavy atom. The summed E-state index contributed by atoms with van der Waals surface area (Å²) >= 11 is 0. The Labute approximate surface area is 175 Å². The highest BCUT2D eigenvalue weighted by molar-refractivity contribution is 5.81. The van der Waals surface area contributed by atoms with Crippen molar-refractivity contribution in [1.29, 1.82) is 0 Å². The number of nitrogens with one attached hydrogen (secondary N) is 1. The Morgan fingerprint density at radius 3 is 2.38 bits per heavy atom. The Balaban J connectivity index is 1.50. The molecular formula is C25H34N2O2. The molecule has 1 fully saturated rings. The lowest BCUT2D eigenvalue weighted by Crippen LogP contribution is -2.37. The van der Waals surface area contributed by atoms with Crippen LogP contribution in [0.25, 0.3) is 0 Å². The first-order chi connectivity index (χ1) is 14.0. The molecule has 4 heteroatoms. The molecule has 1 N–H and O–H groups in total. The molecule has 29 heavy (non-hydrogen) atoms. The summed E-state index contributed by atoms with van der Waals surface area (Å²) in [7, 11) is 0. The van der Waals surface area contributed by atoms with Crippen LogP contribution < -0.4 is 10.1 Å². The third kappa shape index (κ3) is 6.33. The normalized spacial score (nSPS) is 15.7. The van der Waals surface area contributed by atoms with E-state index in [1.807, 2.05) is 26.0 Å². The molecule has 1 heterocycles. The topological polar surface area (TPSA) is 41.6 Å². The zero-order valence-corrected chi connectivity index (χ0v) is 18.0. The number of carbonyl (C=O) groups is 1. The zero-order chi connectivity index (χ0) is 20.6. The predicted molar refractivity (Wildman–Crippen MR) is 118 cm³/mol. The largest absolute Gasteiger partial charge is 0.480 e. The number of rotatable bonds is 8. The van der Waals surface area contributed by atoms with Crippen molar-refractivity contribution in [1.82, 2.24) is 10.2 Å². The summed E-state index contributed by atoms with van der Waals surface area (Å²) in [6, 6.07) is 14.6. The Morgan fingerprint density at radius 1 is 1.03 bits per heavy atom. The molecule has 0 spiro atoms. The van der Waals surface area contributed by atoms with Gasteiger partial charge in [0.2, 0.25) is 0 Å². The van der Waals surface area contributed by atoms with Crippen LogP contribution in [0.4, 0.5) is 0 Å². The van der Waals surface area contributed by atoms with Gasteiger partial charge in [-0.1, -0.05) is 55.3 Å². The molecule has 0 unspecified atom stereocenters. The van der Waals surface area contributed by atoms with Gasteiger partial charge in [-0.3, -0.25) is 9.69 Å². The molecule has 0 aromatic heterocycles. The van der Waals surface area contributed by atoms with Gasteiger partial charge in [0.25, 0.3) is 5.91 Å². The van der Waals surface area contributed by atoms with Crippen molar-refractivity contribution in [3.63, 3.8) is 0 Å². The molecule has 0 aliphatic carbocycles. The zero-order valence-electron chi connectivity index (χ0n) is 18.0. The summed E-state index contributed by atoms with van der Waals surface area (Å²) in [5.41, 5.74) is 4.70. The minimum Gasteiger partial charge on any atom is -0.480 e. The van der Waals surface area contributed by atoms with Crippen LogP contribution in [0.3, 0.4) is 0 Å². The minimum absolute atomic E-state index is 0.0649. The number of aryl methyl sites for hydroxylation is 2. The maximum atomic E-state index is 12.6. The third-order valence-corrected chi connectivity index (χ3v) is 5.61. The van der Waals surface area contributed by atoms with Gasteiger partial charge in [0, 0.05) is 13.1 Å². The van der Waals surface area contributed by atoms with Crippen molar-refractivity contribution >= 4 is 5.91 Å². The van der Waals surface area contributed by atoms with E-state index in [0.717, 1.165) is 23.4 Å². The number of amides is 1. The quantitative estimate of drug-likeness (QED) is 0.702. The summed E-state index contributed by atoms with van der Waals surface area (Å²) in [5.74, 6) is 0.713. The lowest BCUT2D eigenvalue weighted by atomic mass is 10.1. The number of benzene rings is 2. The number of ether oxygens (including phenoxy) is 1. The van der Waals surface area contributed by atoms with Crippen molar-refractivity contribution in [3.05, 3.63) is 64.7 Å². The molecule has 1 saturated heterocycles. The molecule has 3 rings (SSSR count). The number of hydrogen-bond donors (Lipinski definition) is 1. The fourth-order valence-electron chi connectivity index (χ4n) is 3.85. The van der Waals surface area contributed by atoms with E-state index in [0.29, 0.717) is 13.0 Å². The Bertz CT molecular complexity index is 795. The van der Waals surface area contributed by atoms with Crippen LogP contribution in [-0.2, 0) is 17.9 Å². The smallest absolute Gasteiger partial charge is 0.261 e. The predicted octanol–water partition coefficient (Wildman–Crippen LogP) is 4.76. The standard InChI is InChI=1S/C25H34N2O2/c1-4-23(29-24-13-8-19(2)16-20(24)3)25(28)26-17-21-9-11-22(12-10-21)18-27-14-6-5-7-15-27/h8-13,16,23H,4-7,14-15,17-18H2,1-3H3,(H,26,28)/t23-/m0/s1. The first kappa shape index (κ1) is 21.4. The van der Waals surface area contributed by atoms with Crippen molar-refractivity contribution in [2.75, 3.05) is 13.1 Å². The summed E-state index contributed by atoms with van der Waals surface area (Å²) in [6.45, 7) is 10.00. The van der Waals surface area contributed by atoms with Crippen LogP contribution in [0.2, 0.25) is 0 Å². The Kier molecular flexibility index (Phi) is 7.70. The molecular weight excluding hydrogens is 360 g/mol. The van der Waals surface area contributed by atoms with Gasteiger partial charge in [0.1, 0.15) is 5.75 Å². The molecule has 0 bridgehead atoms. The van der Waals surface area contributed by atoms with Crippen LogP contribution in [0, 0.1) is 13.8 Å². The van der Waals surface area contributed by atoms with Gasteiger partial charge in [0.05, 0.1) is 0 Å². The fraction of sp³-hybridized carbons (Fsp3) is 0.480. The second-order valence-electron chi connectivity index (χ2n) is 8.15. The number of hydrogen-bond acceptors (Lipinski definition) is 3. The van der Waals surface area contributed by atoms with E-state index in [2.05, 4.69) is 47.5 Å². The second-order valence-corrected chi connectivity index (χ2v) is 8.15. The van der Waals surface area contributed by atoms with Crippen LogP contribution in [0.1, 0.15) is 54.9 Å². The molecule has 0 saturated carbocycles. The monoisotopic (exact) mass is 394 g/mol. The summed E-state index contributed by atoms with van der Waals surface area (Å²) in [5, 5.41) is 3.03. The van der Waals surface area contributed by atoms with E-state index in [1.165, 1.54) is 43.5 Å². The SMILES string of the molecule is CC[C@H](Oc1ccc(C)cc1C)C(=O)NCc1ccc(CN2CCCCC2)cc1. The van der Waals surface area contributed by atoms with Crippen molar-refractivity contribution in [2.45, 2.75) is 65.6 Å². The van der Waals surface area contributed by atoms with Crippen molar-refractivity contribution in [2.24, 2.45) is 0 Å². The molecule has 1 aliphatic rings. The average Bonchev–Trinajstić information content (AvgIpc) is 2.73. The van der Waals surface area contributed by atoms with Gasteiger partial charge in [-0.05, 0) is 69.0 Å². The van der Waals surface area contributed by atoms with E-state index in [-0.39, 0.29) is 5.91 Å². The number of piperidine rings is 1. The fourth-order valence-corrected chi connectivity index (χ4v) is 3.85. The van der Waals surface area contributed by atoms with Gasteiger partial charge < -0.3 is 10.1 Å². The van der Waals surface area contributed by atoms with E-state index in [9.17, 15) is 4.79 Å². The van der Waals surface area contributed by atoms with Gasteiger partial charge in [0.15, 0.2) is 6.10 Å². The van der Waals surface area contributed by atoms with E-state index < -0.39 is 6.10 Å². The van der Waals surface area contributed by atoms with Crippen LogP contribution in [0.5, 0.6) is 5.75 Å². The highest BCUT2D eigenvalue weighted by Crippen LogP contribution is 2.21. The summed E-state index contributed by atoms with van der Waals surface area (Å²) in [6.07, 6.45) is 4.14. The highest BCUT2D eigenvalue weighted by Gasteiger charge is 2.19. The summed E-state index contributed by atoms with van der Waals surface area (Å²) in [4.78, 5) is 15.1. The number of likely N-dealkylation sites (tertiary alicyclic amines) is 1. The van der Waals surface area contributed by atoms with E-state index >= 15 is 0 Å². The first-order valence-electron chi connectivity index (χ1n) is 10.9. The number of nitrogens with zero attached hydrogens (tertiary/aromatic N) is 1. The van der Waals surface area contributed by atoms with Crippen LogP contribution >= 0.6 is 0 Å². The van der Waals surface area contributed by atoms with Crippen LogP contribution in [0.15, 0.2) is 42.5 Å². The van der Waals surface area contributed by atoms with Gasteiger partial charge in [-0.2, -0.15) is 0 Å². The molecule has 2 aromatic rings. The maximum absolute atomic E-state index is 12.6. The molecule has 0 radical (unpaired) electrons. The lowest BCUT2D eigenvalue weighted by Gasteiger charge is -2.26. The van der Waals surface area contributed by atoms with Crippen molar-refractivity contribution < 1.29 is 9.53 Å². The molecule has 156 valence electrons. The van der Waals surface area contributed by atoms with Gasteiger partial charge in [-0.15, -0.1) is 0 Å². The van der Waals surface area contributed by atoms with E-state index in [4.69, 9.17) is 4.74 Å². The highest BCUT2D eigenvalue weighted by atomic mass is 16.5. The third-order valence-electron chi connectivity index (χ3n) is 5.61. The average molecular weight is 395 g/mol. The van der Waals surface area contributed by atoms with E-state index in [1.54, 1.807) is 0 Å². The first-order valence-corrected chi connectivity index (χ1v) is 10.9. The number of carbonyl (C=O) groups excluding carboxylic acids is 1. The van der Waals surface area contributed by atoms with Gasteiger partial charge in [-0.25, -0.2) is 0 Å². The molecule has 4 nitrogen and oxygen atoms in total. The molecule has 1 atom stereocenters. The van der Waals surface area contributed by atoms with Crippen molar-refractivity contribution in [3.8, 4) is 5.75 Å². The molecule has 2 aromatic carbocycles. The molecule has 1 aliphatic heterocycles. The second kappa shape index (κ2) is 10.4.